The molecule has 27 heavy (non-hydrogen) atoms. The molecule has 0 radical (unpaired) electrons. The molecule has 0 bridgehead atoms. The number of nitrogens with one attached hydrogen (secondary N) is 1. The number of benzene rings is 2. The lowest BCUT2D eigenvalue weighted by Crippen LogP contribution is -2.26. The van der Waals surface area contributed by atoms with E-state index in [0.29, 0.717) is 0 Å². The number of anilines is 1. The average Bonchev–Trinajstić information content (AvgIpc) is 3.29. The van der Waals surface area contributed by atoms with E-state index < -0.39 is 0 Å². The minimum atomic E-state index is -0.00287. The molecule has 0 saturated carbocycles. The summed E-state index contributed by atoms with van der Waals surface area (Å²) in [6.07, 6.45) is 3.89. The highest BCUT2D eigenvalue weighted by atomic mass is 16.2. The number of H-pyrrole nitrogens is 1. The number of hydrogen-bond donors (Lipinski definition) is 1. The van der Waals surface area contributed by atoms with Gasteiger partial charge in [0, 0.05) is 48.8 Å². The van der Waals surface area contributed by atoms with Crippen LogP contribution in [0.5, 0.6) is 0 Å². The number of rotatable bonds is 5. The third kappa shape index (κ3) is 3.11. The van der Waals surface area contributed by atoms with Crippen molar-refractivity contribution in [2.24, 2.45) is 0 Å². The van der Waals surface area contributed by atoms with E-state index in [1.165, 1.54) is 0 Å². The molecule has 4 rings (SSSR count). The normalized spacial score (nSPS) is 11.6. The lowest BCUT2D eigenvalue weighted by molar-refractivity contribution is 0.0994. The van der Waals surface area contributed by atoms with Crippen molar-refractivity contribution in [3.8, 4) is 0 Å². The van der Waals surface area contributed by atoms with Gasteiger partial charge < -0.3 is 19.4 Å². The molecular weight excluding hydrogens is 336 g/mol. The van der Waals surface area contributed by atoms with Crippen LogP contribution in [-0.4, -0.2) is 48.0 Å². The van der Waals surface area contributed by atoms with E-state index in [4.69, 9.17) is 0 Å². The van der Waals surface area contributed by atoms with Gasteiger partial charge in [-0.15, -0.1) is 0 Å². The summed E-state index contributed by atoms with van der Waals surface area (Å²) < 4.78 is 2.17. The van der Waals surface area contributed by atoms with Crippen LogP contribution in [0.2, 0.25) is 0 Å². The Morgan fingerprint density at radius 2 is 1.85 bits per heavy atom. The maximum absolute atomic E-state index is 13.4. The molecule has 5 heteroatoms. The molecule has 0 aliphatic carbocycles. The van der Waals surface area contributed by atoms with Crippen LogP contribution in [-0.2, 0) is 6.54 Å². The molecule has 0 fully saturated rings. The zero-order chi connectivity index (χ0) is 19.0. The second kappa shape index (κ2) is 6.93. The SMILES string of the molecule is CN(C)CCn1cc(C(=O)N(C)c2cccc3cc[nH]c23)c2ccccc21. The van der Waals surface area contributed by atoms with Crippen molar-refractivity contribution >= 4 is 33.4 Å². The Kier molecular flexibility index (Phi) is 4.46. The lowest BCUT2D eigenvalue weighted by Gasteiger charge is -2.18. The summed E-state index contributed by atoms with van der Waals surface area (Å²) in [5.74, 6) is -0.00287. The molecule has 0 spiro atoms. The minimum absolute atomic E-state index is 0.00287. The van der Waals surface area contributed by atoms with Gasteiger partial charge in [-0.2, -0.15) is 0 Å². The Bertz CT molecular complexity index is 1110. The second-order valence-electron chi connectivity index (χ2n) is 7.14. The number of hydrogen-bond acceptors (Lipinski definition) is 2. The molecule has 0 atom stereocenters. The highest BCUT2D eigenvalue weighted by Gasteiger charge is 2.21. The zero-order valence-electron chi connectivity index (χ0n) is 15.9. The van der Waals surface area contributed by atoms with E-state index in [2.05, 4.69) is 34.6 Å². The van der Waals surface area contributed by atoms with Gasteiger partial charge in [-0.25, -0.2) is 0 Å². The van der Waals surface area contributed by atoms with E-state index in [1.54, 1.807) is 4.90 Å². The van der Waals surface area contributed by atoms with Crippen molar-refractivity contribution in [2.75, 3.05) is 32.6 Å². The van der Waals surface area contributed by atoms with Crippen molar-refractivity contribution in [2.45, 2.75) is 6.54 Å². The van der Waals surface area contributed by atoms with Gasteiger partial charge in [0.15, 0.2) is 0 Å². The predicted octanol–water partition coefficient (Wildman–Crippen LogP) is 3.96. The molecule has 0 aliphatic heterocycles. The van der Waals surface area contributed by atoms with Crippen molar-refractivity contribution in [3.05, 3.63) is 66.5 Å². The quantitative estimate of drug-likeness (QED) is 0.585. The van der Waals surface area contributed by atoms with E-state index in [9.17, 15) is 4.79 Å². The van der Waals surface area contributed by atoms with Gasteiger partial charge in [0.25, 0.3) is 5.91 Å². The Hall–Kier alpha value is -3.05. The van der Waals surface area contributed by atoms with Gasteiger partial charge in [0.1, 0.15) is 0 Å². The van der Waals surface area contributed by atoms with E-state index in [0.717, 1.165) is 46.1 Å². The molecule has 2 heterocycles. The number of nitrogens with zero attached hydrogens (tertiary/aromatic N) is 3. The van der Waals surface area contributed by atoms with Crippen LogP contribution in [0.1, 0.15) is 10.4 Å². The number of para-hydroxylation sites is 2. The number of likely N-dealkylation sites (N-methyl/N-ethyl adjacent to an activating group) is 1. The molecule has 2 aromatic heterocycles. The highest BCUT2D eigenvalue weighted by Crippen LogP contribution is 2.28. The Morgan fingerprint density at radius 1 is 1.04 bits per heavy atom. The summed E-state index contributed by atoms with van der Waals surface area (Å²) in [6.45, 7) is 1.76. The summed E-state index contributed by atoms with van der Waals surface area (Å²) in [6, 6.07) is 16.1. The fraction of sp³-hybridized carbons (Fsp3) is 0.227. The second-order valence-corrected chi connectivity index (χ2v) is 7.14. The smallest absolute Gasteiger partial charge is 0.260 e. The van der Waals surface area contributed by atoms with Crippen LogP contribution in [0.4, 0.5) is 5.69 Å². The first-order chi connectivity index (χ1) is 13.1. The highest BCUT2D eigenvalue weighted by molar-refractivity contribution is 6.16. The van der Waals surface area contributed by atoms with Gasteiger partial charge in [-0.05, 0) is 32.3 Å². The van der Waals surface area contributed by atoms with Gasteiger partial charge in [-0.3, -0.25) is 4.79 Å². The molecule has 4 aromatic rings. The maximum Gasteiger partial charge on any atom is 0.260 e. The maximum atomic E-state index is 13.4. The monoisotopic (exact) mass is 360 g/mol. The van der Waals surface area contributed by atoms with Crippen molar-refractivity contribution in [3.63, 3.8) is 0 Å². The number of amides is 1. The lowest BCUT2D eigenvalue weighted by atomic mass is 10.1. The number of carbonyl (C=O) groups is 1. The summed E-state index contributed by atoms with van der Waals surface area (Å²) in [5, 5.41) is 2.09. The van der Waals surface area contributed by atoms with E-state index >= 15 is 0 Å². The summed E-state index contributed by atoms with van der Waals surface area (Å²) >= 11 is 0. The van der Waals surface area contributed by atoms with Gasteiger partial charge in [-0.1, -0.05) is 30.3 Å². The molecule has 0 aliphatic rings. The third-order valence-electron chi connectivity index (χ3n) is 5.04. The Balaban J connectivity index is 1.75. The molecule has 138 valence electrons. The number of aromatic amines is 1. The van der Waals surface area contributed by atoms with Crippen molar-refractivity contribution in [1.82, 2.24) is 14.5 Å². The number of fused-ring (bicyclic) bond motifs is 2. The summed E-state index contributed by atoms with van der Waals surface area (Å²) in [7, 11) is 5.95. The van der Waals surface area contributed by atoms with Crippen LogP contribution in [0.15, 0.2) is 60.9 Å². The molecule has 0 unspecified atom stereocenters. The fourth-order valence-corrected chi connectivity index (χ4v) is 3.55. The molecule has 5 nitrogen and oxygen atoms in total. The van der Waals surface area contributed by atoms with Gasteiger partial charge in [0.2, 0.25) is 0 Å². The van der Waals surface area contributed by atoms with Crippen molar-refractivity contribution in [1.29, 1.82) is 0 Å². The minimum Gasteiger partial charge on any atom is -0.359 e. The topological polar surface area (TPSA) is 44.3 Å². The van der Waals surface area contributed by atoms with Gasteiger partial charge in [0.05, 0.1) is 16.8 Å². The fourth-order valence-electron chi connectivity index (χ4n) is 3.55. The number of carbonyl (C=O) groups excluding carboxylic acids is 1. The standard InChI is InChI=1S/C22H24N4O/c1-24(2)13-14-26-15-18(17-8-4-5-9-19(17)26)22(27)25(3)20-10-6-7-16-11-12-23-21(16)20/h4-12,15,23H,13-14H2,1-3H3. The summed E-state index contributed by atoms with van der Waals surface area (Å²) in [5.41, 5.74) is 3.68. The number of aromatic nitrogens is 2. The van der Waals surface area contributed by atoms with Crippen LogP contribution < -0.4 is 4.90 Å². The average molecular weight is 360 g/mol. The first-order valence-electron chi connectivity index (χ1n) is 9.13. The largest absolute Gasteiger partial charge is 0.359 e. The van der Waals surface area contributed by atoms with Crippen LogP contribution >= 0.6 is 0 Å². The predicted molar refractivity (Wildman–Crippen MR) is 112 cm³/mol. The van der Waals surface area contributed by atoms with Crippen LogP contribution in [0.3, 0.4) is 0 Å². The zero-order valence-corrected chi connectivity index (χ0v) is 15.9. The van der Waals surface area contributed by atoms with Crippen LogP contribution in [0, 0.1) is 0 Å². The molecular formula is C22H24N4O. The third-order valence-corrected chi connectivity index (χ3v) is 5.04. The summed E-state index contributed by atoms with van der Waals surface area (Å²) in [4.78, 5) is 20.5. The van der Waals surface area contributed by atoms with E-state index in [1.807, 2.05) is 61.9 Å². The first kappa shape index (κ1) is 17.4. The van der Waals surface area contributed by atoms with Gasteiger partial charge >= 0.3 is 0 Å². The first-order valence-corrected chi connectivity index (χ1v) is 9.13. The molecule has 1 N–H and O–H groups in total. The van der Waals surface area contributed by atoms with Crippen molar-refractivity contribution < 1.29 is 4.79 Å². The Morgan fingerprint density at radius 3 is 2.67 bits per heavy atom. The van der Waals surface area contributed by atoms with E-state index in [-0.39, 0.29) is 5.91 Å². The molecule has 2 aromatic carbocycles. The van der Waals surface area contributed by atoms with Crippen LogP contribution in [0.25, 0.3) is 21.8 Å². The molecule has 0 saturated heterocycles. The Labute approximate surface area is 158 Å². The molecule has 1 amide bonds.